The zero-order valence-electron chi connectivity index (χ0n) is 12.9. The van der Waals surface area contributed by atoms with Gasteiger partial charge in [-0.2, -0.15) is 0 Å². The Morgan fingerprint density at radius 1 is 1.47 bits per heavy atom. The van der Waals surface area contributed by atoms with Gasteiger partial charge in [0.1, 0.15) is 0 Å². The van der Waals surface area contributed by atoms with E-state index in [1.807, 2.05) is 11.3 Å². The smallest absolute Gasteiger partial charge is 0.0416 e. The van der Waals surface area contributed by atoms with Crippen molar-refractivity contribution in [3.8, 4) is 0 Å². The molecular weight excluding hydrogens is 250 g/mol. The van der Waals surface area contributed by atoms with Crippen LogP contribution in [0.2, 0.25) is 0 Å². The number of hydrogen-bond donors (Lipinski definition) is 1. The quantitative estimate of drug-likeness (QED) is 0.761. The zero-order valence-corrected chi connectivity index (χ0v) is 13.7. The van der Waals surface area contributed by atoms with Crippen molar-refractivity contribution in [2.24, 2.45) is 11.3 Å². The average molecular weight is 279 g/mol. The molecular formula is C17H29NS. The minimum absolute atomic E-state index is 0.542. The third kappa shape index (κ3) is 4.06. The molecule has 1 aliphatic carbocycles. The minimum Gasteiger partial charge on any atom is -0.306 e. The first-order valence-corrected chi connectivity index (χ1v) is 8.69. The highest BCUT2D eigenvalue weighted by Crippen LogP contribution is 2.39. The molecule has 0 spiro atoms. The van der Waals surface area contributed by atoms with Gasteiger partial charge in [-0.15, -0.1) is 11.3 Å². The van der Waals surface area contributed by atoms with E-state index < -0.39 is 0 Å². The van der Waals surface area contributed by atoms with Crippen LogP contribution in [-0.2, 0) is 0 Å². The Kier molecular flexibility index (Phi) is 5.08. The molecule has 0 bridgehead atoms. The van der Waals surface area contributed by atoms with Crippen LogP contribution in [0.15, 0.2) is 17.5 Å². The van der Waals surface area contributed by atoms with E-state index in [-0.39, 0.29) is 0 Å². The van der Waals surface area contributed by atoms with Crippen molar-refractivity contribution in [3.63, 3.8) is 0 Å². The van der Waals surface area contributed by atoms with Crippen molar-refractivity contribution in [3.05, 3.63) is 22.4 Å². The van der Waals surface area contributed by atoms with Crippen LogP contribution < -0.4 is 5.32 Å². The highest BCUT2D eigenvalue weighted by atomic mass is 32.1. The molecule has 0 radical (unpaired) electrons. The molecule has 2 rings (SSSR count). The molecule has 1 nitrogen and oxygen atoms in total. The van der Waals surface area contributed by atoms with Gasteiger partial charge in [0, 0.05) is 17.0 Å². The SMILES string of the molecule is CCCC(NC1CCC(C)(C)CC1C)c1cccs1. The second kappa shape index (κ2) is 6.41. The molecule has 1 fully saturated rings. The summed E-state index contributed by atoms with van der Waals surface area (Å²) < 4.78 is 0. The summed E-state index contributed by atoms with van der Waals surface area (Å²) in [6.07, 6.45) is 6.56. The third-order valence-electron chi connectivity index (χ3n) is 4.57. The standard InChI is InChI=1S/C17H29NS/c1-5-7-15(16-8-6-11-19-16)18-14-9-10-17(3,4)12-13(14)2/h6,8,11,13-15,18H,5,7,9-10,12H2,1-4H3. The molecule has 3 atom stereocenters. The van der Waals surface area contributed by atoms with Crippen molar-refractivity contribution in [2.75, 3.05) is 0 Å². The van der Waals surface area contributed by atoms with Crippen LogP contribution in [0.5, 0.6) is 0 Å². The maximum atomic E-state index is 3.96. The van der Waals surface area contributed by atoms with Crippen LogP contribution in [0.25, 0.3) is 0 Å². The van der Waals surface area contributed by atoms with Gasteiger partial charge < -0.3 is 5.32 Å². The van der Waals surface area contributed by atoms with E-state index >= 15 is 0 Å². The van der Waals surface area contributed by atoms with Crippen molar-refractivity contribution in [2.45, 2.75) is 71.9 Å². The summed E-state index contributed by atoms with van der Waals surface area (Å²) in [5.41, 5.74) is 0.542. The summed E-state index contributed by atoms with van der Waals surface area (Å²) in [6.45, 7) is 9.55. The van der Waals surface area contributed by atoms with Crippen LogP contribution in [0, 0.1) is 11.3 Å². The molecule has 1 heterocycles. The molecule has 0 aromatic carbocycles. The van der Waals surface area contributed by atoms with E-state index in [0.717, 1.165) is 5.92 Å². The second-order valence-electron chi connectivity index (χ2n) is 7.01. The summed E-state index contributed by atoms with van der Waals surface area (Å²) in [4.78, 5) is 1.51. The summed E-state index contributed by atoms with van der Waals surface area (Å²) in [6, 6.07) is 5.73. The second-order valence-corrected chi connectivity index (χ2v) is 7.99. The molecule has 1 N–H and O–H groups in total. The molecule has 0 aliphatic heterocycles. The Morgan fingerprint density at radius 2 is 2.26 bits per heavy atom. The first kappa shape index (κ1) is 15.1. The fraction of sp³-hybridized carbons (Fsp3) is 0.765. The monoisotopic (exact) mass is 279 g/mol. The van der Waals surface area contributed by atoms with Crippen LogP contribution in [0.4, 0.5) is 0 Å². The van der Waals surface area contributed by atoms with E-state index in [1.165, 1.54) is 37.0 Å². The first-order valence-electron chi connectivity index (χ1n) is 7.81. The number of hydrogen-bond acceptors (Lipinski definition) is 2. The largest absolute Gasteiger partial charge is 0.306 e. The molecule has 2 heteroatoms. The molecule has 1 aromatic heterocycles. The van der Waals surface area contributed by atoms with Crippen molar-refractivity contribution in [1.29, 1.82) is 0 Å². The Labute approximate surface area is 122 Å². The predicted octanol–water partition coefficient (Wildman–Crippen LogP) is 5.39. The van der Waals surface area contributed by atoms with Gasteiger partial charge in [0.15, 0.2) is 0 Å². The lowest BCUT2D eigenvalue weighted by molar-refractivity contribution is 0.140. The summed E-state index contributed by atoms with van der Waals surface area (Å²) >= 11 is 1.90. The van der Waals surface area contributed by atoms with Crippen molar-refractivity contribution < 1.29 is 0 Å². The van der Waals surface area contributed by atoms with Gasteiger partial charge >= 0.3 is 0 Å². The maximum Gasteiger partial charge on any atom is 0.0416 e. The van der Waals surface area contributed by atoms with Gasteiger partial charge in [-0.1, -0.05) is 40.2 Å². The normalized spacial score (nSPS) is 28.2. The van der Waals surface area contributed by atoms with Gasteiger partial charge in [0.2, 0.25) is 0 Å². The Balaban J connectivity index is 1.98. The molecule has 1 saturated carbocycles. The fourth-order valence-corrected chi connectivity index (χ4v) is 4.36. The van der Waals surface area contributed by atoms with Crippen LogP contribution in [0.1, 0.15) is 70.7 Å². The summed E-state index contributed by atoms with van der Waals surface area (Å²) in [5.74, 6) is 0.795. The molecule has 3 unspecified atom stereocenters. The first-order chi connectivity index (χ1) is 9.02. The van der Waals surface area contributed by atoms with Crippen molar-refractivity contribution >= 4 is 11.3 Å². The van der Waals surface area contributed by atoms with Gasteiger partial charge in [0.05, 0.1) is 0 Å². The lowest BCUT2D eigenvalue weighted by Gasteiger charge is -2.41. The number of rotatable bonds is 5. The van der Waals surface area contributed by atoms with E-state index in [2.05, 4.69) is 50.5 Å². The van der Waals surface area contributed by atoms with E-state index in [1.54, 1.807) is 0 Å². The summed E-state index contributed by atoms with van der Waals surface area (Å²) in [5, 5.41) is 6.16. The predicted molar refractivity (Wildman–Crippen MR) is 85.7 cm³/mol. The van der Waals surface area contributed by atoms with Crippen LogP contribution in [-0.4, -0.2) is 6.04 Å². The average Bonchev–Trinajstić information content (AvgIpc) is 2.84. The van der Waals surface area contributed by atoms with Gasteiger partial charge in [-0.25, -0.2) is 0 Å². The highest BCUT2D eigenvalue weighted by Gasteiger charge is 2.33. The van der Waals surface area contributed by atoms with E-state index in [0.29, 0.717) is 17.5 Å². The summed E-state index contributed by atoms with van der Waals surface area (Å²) in [7, 11) is 0. The highest BCUT2D eigenvalue weighted by molar-refractivity contribution is 7.10. The molecule has 19 heavy (non-hydrogen) atoms. The lowest BCUT2D eigenvalue weighted by Crippen LogP contribution is -2.43. The minimum atomic E-state index is 0.542. The fourth-order valence-electron chi connectivity index (χ4n) is 3.54. The molecule has 108 valence electrons. The maximum absolute atomic E-state index is 3.96. The number of nitrogens with one attached hydrogen (secondary N) is 1. The molecule has 1 aromatic rings. The van der Waals surface area contributed by atoms with Gasteiger partial charge in [0.25, 0.3) is 0 Å². The molecule has 1 aliphatic rings. The van der Waals surface area contributed by atoms with Crippen LogP contribution >= 0.6 is 11.3 Å². The van der Waals surface area contributed by atoms with E-state index in [4.69, 9.17) is 0 Å². The van der Waals surface area contributed by atoms with Crippen LogP contribution in [0.3, 0.4) is 0 Å². The Morgan fingerprint density at radius 3 is 2.84 bits per heavy atom. The molecule has 0 amide bonds. The van der Waals surface area contributed by atoms with Gasteiger partial charge in [-0.3, -0.25) is 0 Å². The van der Waals surface area contributed by atoms with E-state index in [9.17, 15) is 0 Å². The zero-order chi connectivity index (χ0) is 13.9. The third-order valence-corrected chi connectivity index (χ3v) is 5.56. The number of thiophene rings is 1. The Hall–Kier alpha value is -0.340. The lowest BCUT2D eigenvalue weighted by atomic mass is 9.70. The molecule has 0 saturated heterocycles. The van der Waals surface area contributed by atoms with Crippen molar-refractivity contribution in [1.82, 2.24) is 5.32 Å². The Bertz CT molecular complexity index is 369. The topological polar surface area (TPSA) is 12.0 Å². The van der Waals surface area contributed by atoms with Gasteiger partial charge in [-0.05, 0) is 48.5 Å².